The molecule has 0 saturated carbocycles. The lowest BCUT2D eigenvalue weighted by atomic mass is 10.4. The zero-order valence-corrected chi connectivity index (χ0v) is 13.4. The van der Waals surface area contributed by atoms with Crippen molar-refractivity contribution in [3.63, 3.8) is 0 Å². The van der Waals surface area contributed by atoms with Crippen LogP contribution >= 0.6 is 11.8 Å². The lowest BCUT2D eigenvalue weighted by Gasteiger charge is -2.09. The number of rotatable bonds is 8. The van der Waals surface area contributed by atoms with Gasteiger partial charge in [-0.2, -0.15) is 0 Å². The molecule has 2 rings (SSSR count). The molecule has 0 aliphatic rings. The molecule has 0 spiro atoms. The van der Waals surface area contributed by atoms with Gasteiger partial charge >= 0.3 is 0 Å². The molecule has 0 radical (unpaired) electrons. The molecule has 21 heavy (non-hydrogen) atoms. The Morgan fingerprint density at radius 3 is 2.86 bits per heavy atom. The number of hydrogen-bond donors (Lipinski definition) is 1. The number of anilines is 1. The first-order chi connectivity index (χ1) is 10.2. The zero-order chi connectivity index (χ0) is 15.1. The van der Waals surface area contributed by atoms with Crippen molar-refractivity contribution in [3.8, 4) is 0 Å². The fourth-order valence-electron chi connectivity index (χ4n) is 1.59. The Morgan fingerprint density at radius 1 is 1.33 bits per heavy atom. The number of aromatic nitrogens is 5. The summed E-state index contributed by atoms with van der Waals surface area (Å²) in [5, 5.41) is 12.8. The van der Waals surface area contributed by atoms with Gasteiger partial charge in [0.05, 0.1) is 0 Å². The molecule has 0 aliphatic heterocycles. The molecule has 2 heterocycles. The van der Waals surface area contributed by atoms with Crippen molar-refractivity contribution >= 4 is 17.6 Å². The van der Waals surface area contributed by atoms with Crippen LogP contribution in [-0.4, -0.2) is 37.9 Å². The Morgan fingerprint density at radius 2 is 2.19 bits per heavy atom. The van der Waals surface area contributed by atoms with Crippen molar-refractivity contribution in [2.45, 2.75) is 37.1 Å². The molecule has 0 aliphatic carbocycles. The van der Waals surface area contributed by atoms with E-state index < -0.39 is 0 Å². The van der Waals surface area contributed by atoms with Crippen LogP contribution < -0.4 is 5.32 Å². The third-order valence-electron chi connectivity index (χ3n) is 2.61. The predicted molar refractivity (Wildman–Crippen MR) is 81.3 cm³/mol. The van der Waals surface area contributed by atoms with Crippen molar-refractivity contribution in [1.82, 2.24) is 24.7 Å². The second-order valence-electron chi connectivity index (χ2n) is 4.40. The largest absolute Gasteiger partial charge is 0.374 e. The monoisotopic (exact) mass is 308 g/mol. The Kier molecular flexibility index (Phi) is 5.94. The van der Waals surface area contributed by atoms with Crippen LogP contribution in [0.4, 0.5) is 5.82 Å². The summed E-state index contributed by atoms with van der Waals surface area (Å²) in [5.41, 5.74) is 0. The maximum Gasteiger partial charge on any atom is 0.197 e. The predicted octanol–water partition coefficient (Wildman–Crippen LogP) is 2.11. The van der Waals surface area contributed by atoms with E-state index in [1.807, 2.05) is 24.6 Å². The topological polar surface area (TPSA) is 77.8 Å². The molecule has 114 valence electrons. The van der Waals surface area contributed by atoms with Crippen molar-refractivity contribution in [2.24, 2.45) is 7.05 Å². The van der Waals surface area contributed by atoms with E-state index in [0.29, 0.717) is 19.0 Å². The summed E-state index contributed by atoms with van der Waals surface area (Å²) in [7, 11) is 1.90. The summed E-state index contributed by atoms with van der Waals surface area (Å²) < 4.78 is 7.25. The molecular weight excluding hydrogens is 288 g/mol. The second kappa shape index (κ2) is 7.94. The summed E-state index contributed by atoms with van der Waals surface area (Å²) in [6.45, 7) is 5.99. The smallest absolute Gasteiger partial charge is 0.197 e. The van der Waals surface area contributed by atoms with Gasteiger partial charge in [0.1, 0.15) is 23.8 Å². The molecule has 0 saturated heterocycles. The van der Waals surface area contributed by atoms with Gasteiger partial charge in [0.15, 0.2) is 11.0 Å². The number of hydrogen-bond acceptors (Lipinski definition) is 7. The van der Waals surface area contributed by atoms with Crippen molar-refractivity contribution < 1.29 is 4.74 Å². The van der Waals surface area contributed by atoms with Gasteiger partial charge in [-0.15, -0.1) is 10.2 Å². The summed E-state index contributed by atoms with van der Waals surface area (Å²) in [5.74, 6) is 1.48. The van der Waals surface area contributed by atoms with Crippen LogP contribution in [0.2, 0.25) is 0 Å². The average molecular weight is 308 g/mol. The lowest BCUT2D eigenvalue weighted by molar-refractivity contribution is 0.128. The summed E-state index contributed by atoms with van der Waals surface area (Å²) in [6, 6.07) is 1.92. The van der Waals surface area contributed by atoms with E-state index in [9.17, 15) is 0 Å². The minimum atomic E-state index is 0.407. The van der Waals surface area contributed by atoms with Gasteiger partial charge in [0.2, 0.25) is 0 Å². The van der Waals surface area contributed by atoms with Gasteiger partial charge in [0.25, 0.3) is 0 Å². The summed E-state index contributed by atoms with van der Waals surface area (Å²) in [6.07, 6.45) is 2.71. The van der Waals surface area contributed by atoms with Crippen LogP contribution in [0.1, 0.15) is 26.1 Å². The molecule has 2 aromatic rings. The number of nitrogens with zero attached hydrogens (tertiary/aromatic N) is 5. The third kappa shape index (κ3) is 4.68. The van der Waals surface area contributed by atoms with E-state index in [0.717, 1.165) is 29.0 Å². The van der Waals surface area contributed by atoms with Crippen LogP contribution in [0.3, 0.4) is 0 Å². The molecule has 0 unspecified atom stereocenters. The lowest BCUT2D eigenvalue weighted by Crippen LogP contribution is -2.07. The molecule has 7 nitrogen and oxygen atoms in total. The maximum atomic E-state index is 5.40. The number of ether oxygens (including phenoxy) is 1. The second-order valence-corrected chi connectivity index (χ2v) is 5.39. The first-order valence-corrected chi connectivity index (χ1v) is 7.76. The van der Waals surface area contributed by atoms with E-state index in [1.54, 1.807) is 6.33 Å². The van der Waals surface area contributed by atoms with Gasteiger partial charge in [-0.3, -0.25) is 0 Å². The van der Waals surface area contributed by atoms with Crippen molar-refractivity contribution in [1.29, 1.82) is 0 Å². The van der Waals surface area contributed by atoms with Gasteiger partial charge in [-0.25, -0.2) is 9.97 Å². The van der Waals surface area contributed by atoms with Gasteiger partial charge in [0, 0.05) is 26.3 Å². The highest BCUT2D eigenvalue weighted by Gasteiger charge is 2.09. The van der Waals surface area contributed by atoms with Crippen LogP contribution in [0.25, 0.3) is 0 Å². The minimum absolute atomic E-state index is 0.407. The van der Waals surface area contributed by atoms with Crippen molar-refractivity contribution in [3.05, 3.63) is 18.2 Å². The van der Waals surface area contributed by atoms with Crippen LogP contribution in [-0.2, 0) is 18.4 Å². The molecule has 0 fully saturated rings. The maximum absolute atomic E-state index is 5.40. The normalized spacial score (nSPS) is 10.8. The van der Waals surface area contributed by atoms with Gasteiger partial charge < -0.3 is 14.6 Å². The molecule has 8 heteroatoms. The molecular formula is C13H20N6OS. The van der Waals surface area contributed by atoms with Crippen LogP contribution in [0, 0.1) is 0 Å². The molecule has 1 N–H and O–H groups in total. The Bertz CT molecular complexity index is 547. The van der Waals surface area contributed by atoms with E-state index in [4.69, 9.17) is 4.74 Å². The standard InChI is InChI=1S/C13H20N6OS/c1-4-6-14-10-7-12(17-11(16-10)8-20-5-2)21-13-18-15-9-19(13)3/h7,9H,4-6,8H2,1-3H3,(H,14,16,17). The molecule has 0 bridgehead atoms. The van der Waals surface area contributed by atoms with E-state index >= 15 is 0 Å². The first-order valence-electron chi connectivity index (χ1n) is 6.94. The minimum Gasteiger partial charge on any atom is -0.374 e. The highest BCUT2D eigenvalue weighted by atomic mass is 32.2. The highest BCUT2D eigenvalue weighted by molar-refractivity contribution is 7.99. The zero-order valence-electron chi connectivity index (χ0n) is 12.5. The van der Waals surface area contributed by atoms with Crippen LogP contribution in [0.15, 0.2) is 22.6 Å². The van der Waals surface area contributed by atoms with Crippen molar-refractivity contribution in [2.75, 3.05) is 18.5 Å². The Labute approximate surface area is 128 Å². The third-order valence-corrected chi connectivity index (χ3v) is 3.58. The average Bonchev–Trinajstić information content (AvgIpc) is 2.88. The van der Waals surface area contributed by atoms with E-state index in [1.165, 1.54) is 11.8 Å². The van der Waals surface area contributed by atoms with Crippen LogP contribution in [0.5, 0.6) is 0 Å². The quantitative estimate of drug-likeness (QED) is 0.748. The summed E-state index contributed by atoms with van der Waals surface area (Å²) >= 11 is 1.46. The number of nitrogens with one attached hydrogen (secondary N) is 1. The van der Waals surface area contributed by atoms with E-state index in [-0.39, 0.29) is 0 Å². The fraction of sp³-hybridized carbons (Fsp3) is 0.538. The first kappa shape index (κ1) is 15.7. The summed E-state index contributed by atoms with van der Waals surface area (Å²) in [4.78, 5) is 8.96. The van der Waals surface area contributed by atoms with E-state index in [2.05, 4.69) is 32.4 Å². The molecule has 0 aromatic carbocycles. The van der Waals surface area contributed by atoms with Gasteiger partial charge in [-0.05, 0) is 25.1 Å². The molecule has 0 amide bonds. The molecule has 2 aromatic heterocycles. The fourth-order valence-corrected chi connectivity index (χ4v) is 2.37. The Balaban J connectivity index is 2.19. The Hall–Kier alpha value is -1.67. The highest BCUT2D eigenvalue weighted by Crippen LogP contribution is 2.25. The van der Waals surface area contributed by atoms with Gasteiger partial charge in [-0.1, -0.05) is 6.92 Å². The SMILES string of the molecule is CCCNc1cc(Sc2nncn2C)nc(COCC)n1. The molecule has 0 atom stereocenters. The number of aryl methyl sites for hydroxylation is 1.